The molecule has 1 heterocycles. The molecule has 130 valence electrons. The Morgan fingerprint density at radius 3 is 2.33 bits per heavy atom. The molecule has 1 aromatic rings. The van der Waals surface area contributed by atoms with Crippen LogP contribution in [0, 0.1) is 34.0 Å². The number of aldehydes is 1. The molecule has 0 spiro atoms. The van der Waals surface area contributed by atoms with Crippen LogP contribution in [0.15, 0.2) is 30.3 Å². The summed E-state index contributed by atoms with van der Waals surface area (Å²) in [6.45, 7) is 11.5. The second kappa shape index (κ2) is 4.94. The molecule has 5 rings (SSSR count). The van der Waals surface area contributed by atoms with Crippen LogP contribution in [0.1, 0.15) is 59.1 Å². The van der Waals surface area contributed by atoms with Gasteiger partial charge in [0.2, 0.25) is 0 Å². The summed E-state index contributed by atoms with van der Waals surface area (Å²) >= 11 is 0. The van der Waals surface area contributed by atoms with E-state index in [1.807, 2.05) is 6.07 Å². The average Bonchev–Trinajstić information content (AvgIpc) is 2.91. The van der Waals surface area contributed by atoms with Crippen LogP contribution in [-0.4, -0.2) is 12.4 Å². The fraction of sp³-hybridized carbons (Fsp3) is 0.682. The number of ether oxygens (including phenoxy) is 1. The molecule has 3 saturated carbocycles. The molecular weight excluding hydrogens is 296 g/mol. The van der Waals surface area contributed by atoms with Crippen molar-refractivity contribution < 1.29 is 9.53 Å². The van der Waals surface area contributed by atoms with Crippen molar-refractivity contribution in [1.29, 1.82) is 0 Å². The van der Waals surface area contributed by atoms with E-state index < -0.39 is 0 Å². The van der Waals surface area contributed by atoms with Gasteiger partial charge in [-0.3, -0.25) is 0 Å². The highest BCUT2D eigenvalue weighted by Crippen LogP contribution is 2.74. The Morgan fingerprint density at radius 1 is 1.12 bits per heavy atom. The third-order valence-electron chi connectivity index (χ3n) is 7.52. The van der Waals surface area contributed by atoms with Crippen LogP contribution < -0.4 is 0 Å². The number of hydrogen-bond acceptors (Lipinski definition) is 2. The molecule has 1 aliphatic heterocycles. The molecule has 4 aliphatic rings. The van der Waals surface area contributed by atoms with Gasteiger partial charge >= 0.3 is 0 Å². The van der Waals surface area contributed by atoms with Gasteiger partial charge in [-0.1, -0.05) is 65.0 Å². The Balaban J connectivity index is 1.86. The summed E-state index contributed by atoms with van der Waals surface area (Å²) in [4.78, 5) is 12.7. The van der Waals surface area contributed by atoms with Crippen LogP contribution in [-0.2, 0) is 9.53 Å². The Morgan fingerprint density at radius 2 is 1.79 bits per heavy atom. The van der Waals surface area contributed by atoms with Gasteiger partial charge in [-0.2, -0.15) is 0 Å². The maximum absolute atomic E-state index is 12.7. The van der Waals surface area contributed by atoms with E-state index in [9.17, 15) is 4.79 Å². The van der Waals surface area contributed by atoms with E-state index in [4.69, 9.17) is 4.74 Å². The lowest BCUT2D eigenvalue weighted by Crippen LogP contribution is -2.63. The van der Waals surface area contributed by atoms with Gasteiger partial charge in [0.05, 0.1) is 17.6 Å². The summed E-state index contributed by atoms with van der Waals surface area (Å²) in [6.07, 6.45) is 3.66. The van der Waals surface area contributed by atoms with Crippen molar-refractivity contribution in [3.05, 3.63) is 35.9 Å². The number of carbonyl (C=O) groups is 1. The molecule has 4 fully saturated rings. The van der Waals surface area contributed by atoms with E-state index in [1.165, 1.54) is 18.3 Å². The third kappa shape index (κ3) is 1.89. The van der Waals surface area contributed by atoms with E-state index in [2.05, 4.69) is 58.9 Å². The van der Waals surface area contributed by atoms with E-state index in [0.29, 0.717) is 11.8 Å². The minimum atomic E-state index is -0.364. The maximum atomic E-state index is 12.7. The molecule has 1 saturated heterocycles. The van der Waals surface area contributed by atoms with Crippen LogP contribution in [0.2, 0.25) is 0 Å². The normalized spacial score (nSPS) is 43.0. The molecular formula is C22H30O2. The first-order chi connectivity index (χ1) is 11.2. The van der Waals surface area contributed by atoms with Crippen LogP contribution in [0.3, 0.4) is 0 Å². The molecule has 0 N–H and O–H groups in total. The SMILES string of the molecule is CC(C)(C)[C@H]1O[C@@H](c2ccccc2)[C@@]2(C=O)[C@@H]1C[C@H]1C[C@@H]2C1(C)C. The summed E-state index contributed by atoms with van der Waals surface area (Å²) < 4.78 is 6.71. The van der Waals surface area contributed by atoms with Crippen LogP contribution in [0.25, 0.3) is 0 Å². The predicted octanol–water partition coefficient (Wildman–Crippen LogP) is 5.04. The zero-order valence-electron chi connectivity index (χ0n) is 15.6. The van der Waals surface area contributed by atoms with Gasteiger partial charge in [-0.15, -0.1) is 0 Å². The van der Waals surface area contributed by atoms with Gasteiger partial charge < -0.3 is 9.53 Å². The van der Waals surface area contributed by atoms with E-state index in [-0.39, 0.29) is 28.5 Å². The molecule has 2 heteroatoms. The molecule has 2 bridgehead atoms. The first-order valence-electron chi connectivity index (χ1n) is 9.39. The van der Waals surface area contributed by atoms with Crippen molar-refractivity contribution in [3.8, 4) is 0 Å². The zero-order valence-corrected chi connectivity index (χ0v) is 15.6. The lowest BCUT2D eigenvalue weighted by Gasteiger charge is -2.66. The fourth-order valence-corrected chi connectivity index (χ4v) is 6.19. The van der Waals surface area contributed by atoms with Gasteiger partial charge in [-0.05, 0) is 41.1 Å². The molecule has 24 heavy (non-hydrogen) atoms. The van der Waals surface area contributed by atoms with Crippen molar-refractivity contribution >= 4 is 6.29 Å². The molecule has 0 amide bonds. The van der Waals surface area contributed by atoms with Gasteiger partial charge in [0, 0.05) is 5.92 Å². The largest absolute Gasteiger partial charge is 0.368 e. The lowest BCUT2D eigenvalue weighted by molar-refractivity contribution is -0.188. The molecule has 3 aliphatic carbocycles. The summed E-state index contributed by atoms with van der Waals surface area (Å²) in [5.74, 6) is 1.52. The smallest absolute Gasteiger partial charge is 0.129 e. The van der Waals surface area contributed by atoms with Crippen molar-refractivity contribution in [2.75, 3.05) is 0 Å². The summed E-state index contributed by atoms with van der Waals surface area (Å²) in [5.41, 5.74) is 1.11. The monoisotopic (exact) mass is 326 g/mol. The maximum Gasteiger partial charge on any atom is 0.129 e. The third-order valence-corrected chi connectivity index (χ3v) is 7.52. The Bertz CT molecular complexity index is 642. The van der Waals surface area contributed by atoms with E-state index >= 15 is 0 Å². The van der Waals surface area contributed by atoms with Crippen LogP contribution in [0.4, 0.5) is 0 Å². The quantitative estimate of drug-likeness (QED) is 0.712. The molecule has 0 unspecified atom stereocenters. The number of hydrogen-bond donors (Lipinski definition) is 0. The Kier molecular flexibility index (Phi) is 3.36. The van der Waals surface area contributed by atoms with Crippen molar-refractivity contribution in [2.24, 2.45) is 34.0 Å². The van der Waals surface area contributed by atoms with Crippen LogP contribution >= 0.6 is 0 Å². The molecule has 2 nitrogen and oxygen atoms in total. The van der Waals surface area contributed by atoms with Crippen molar-refractivity contribution in [1.82, 2.24) is 0 Å². The fourth-order valence-electron chi connectivity index (χ4n) is 6.19. The van der Waals surface area contributed by atoms with Crippen LogP contribution in [0.5, 0.6) is 0 Å². The number of benzene rings is 1. The lowest BCUT2D eigenvalue weighted by atomic mass is 9.36. The predicted molar refractivity (Wildman–Crippen MR) is 95.5 cm³/mol. The first kappa shape index (κ1) is 16.3. The second-order valence-corrected chi connectivity index (χ2v) is 9.98. The highest BCUT2D eigenvalue weighted by molar-refractivity contribution is 5.65. The first-order valence-corrected chi connectivity index (χ1v) is 9.39. The molecule has 0 aromatic heterocycles. The zero-order chi connectivity index (χ0) is 17.3. The highest BCUT2D eigenvalue weighted by atomic mass is 16.5. The van der Waals surface area contributed by atoms with E-state index in [1.54, 1.807) is 0 Å². The van der Waals surface area contributed by atoms with Gasteiger partial charge in [0.1, 0.15) is 6.29 Å². The minimum absolute atomic E-state index is 0.0520. The molecule has 6 atom stereocenters. The topological polar surface area (TPSA) is 26.3 Å². The van der Waals surface area contributed by atoms with Gasteiger partial charge in [0.15, 0.2) is 0 Å². The summed E-state index contributed by atoms with van der Waals surface area (Å²) in [7, 11) is 0. The number of carbonyl (C=O) groups excluding carboxylic acids is 1. The second-order valence-electron chi connectivity index (χ2n) is 9.98. The van der Waals surface area contributed by atoms with Gasteiger partial charge in [-0.25, -0.2) is 0 Å². The Labute approximate surface area is 146 Å². The summed E-state index contributed by atoms with van der Waals surface area (Å²) in [6, 6.07) is 10.4. The molecule has 1 aromatic carbocycles. The highest BCUT2D eigenvalue weighted by Gasteiger charge is 2.73. The summed E-state index contributed by atoms with van der Waals surface area (Å²) in [5, 5.41) is 0. The van der Waals surface area contributed by atoms with Gasteiger partial charge in [0.25, 0.3) is 0 Å². The molecule has 0 radical (unpaired) electrons. The Hall–Kier alpha value is -1.15. The van der Waals surface area contributed by atoms with Crippen molar-refractivity contribution in [3.63, 3.8) is 0 Å². The average molecular weight is 326 g/mol. The number of rotatable bonds is 2. The standard InChI is InChI=1S/C22H30O2/c1-20(2,3)19-16-11-15-12-17(21(15,4)5)22(16,13-23)18(24-19)14-9-7-6-8-10-14/h6-10,13,15-19H,11-12H2,1-5H3/t15-,16+,17+,18-,19-,22-/m0/s1. The van der Waals surface area contributed by atoms with E-state index in [0.717, 1.165) is 12.3 Å². The minimum Gasteiger partial charge on any atom is -0.368 e. The van der Waals surface area contributed by atoms with Crippen molar-refractivity contribution in [2.45, 2.75) is 59.7 Å².